The number of carbonyl (C=O) groups is 1. The molecular weight excluding hydrogens is 395 g/mol. The minimum absolute atomic E-state index is 0.108. The minimum atomic E-state index is -1.14. The first-order valence-corrected chi connectivity index (χ1v) is 11.8. The lowest BCUT2D eigenvalue weighted by molar-refractivity contribution is -0.0809. The van der Waals surface area contributed by atoms with Crippen molar-refractivity contribution < 1.29 is 18.7 Å². The summed E-state index contributed by atoms with van der Waals surface area (Å²) in [4.78, 5) is 19.1. The first kappa shape index (κ1) is 24.0. The first-order valence-electron chi connectivity index (χ1n) is 11.8. The highest BCUT2D eigenvalue weighted by molar-refractivity contribution is 5.70. The van der Waals surface area contributed by atoms with E-state index in [2.05, 4.69) is 4.98 Å². The van der Waals surface area contributed by atoms with Crippen LogP contribution in [0.25, 0.3) is 0 Å². The number of rotatable bonds is 6. The molecule has 3 rings (SSSR count). The van der Waals surface area contributed by atoms with E-state index in [9.17, 15) is 9.18 Å². The third kappa shape index (κ3) is 6.41. The van der Waals surface area contributed by atoms with E-state index in [0.29, 0.717) is 24.5 Å². The summed E-state index contributed by atoms with van der Waals surface area (Å²) in [7, 11) is 0. The predicted molar refractivity (Wildman–Crippen MR) is 119 cm³/mol. The molecule has 0 aromatic carbocycles. The Bertz CT molecular complexity index is 713. The fraction of sp³-hybridized carbons (Fsp3) is 0.760. The average Bonchev–Trinajstić information content (AvgIpc) is 2.95. The van der Waals surface area contributed by atoms with Crippen molar-refractivity contribution in [1.29, 1.82) is 0 Å². The van der Waals surface area contributed by atoms with E-state index >= 15 is 0 Å². The molecule has 6 heteroatoms. The van der Waals surface area contributed by atoms with Gasteiger partial charge in [0.2, 0.25) is 0 Å². The van der Waals surface area contributed by atoms with Gasteiger partial charge in [-0.3, -0.25) is 9.88 Å². The zero-order valence-electron chi connectivity index (χ0n) is 19.8. The Hall–Kier alpha value is -1.69. The van der Waals surface area contributed by atoms with Crippen LogP contribution in [0, 0.1) is 5.92 Å². The molecule has 0 unspecified atom stereocenters. The Labute approximate surface area is 186 Å². The van der Waals surface area contributed by atoms with Crippen molar-refractivity contribution in [3.63, 3.8) is 0 Å². The molecule has 2 heterocycles. The van der Waals surface area contributed by atoms with E-state index in [4.69, 9.17) is 9.47 Å². The number of nitrogens with zero attached hydrogens (tertiary/aromatic N) is 2. The Morgan fingerprint density at radius 3 is 2.61 bits per heavy atom. The van der Waals surface area contributed by atoms with Gasteiger partial charge in [0.25, 0.3) is 0 Å². The van der Waals surface area contributed by atoms with Gasteiger partial charge in [-0.15, -0.1) is 0 Å². The topological polar surface area (TPSA) is 51.7 Å². The van der Waals surface area contributed by atoms with E-state index in [-0.39, 0.29) is 18.2 Å². The second kappa shape index (κ2) is 9.85. The highest BCUT2D eigenvalue weighted by Crippen LogP contribution is 2.41. The minimum Gasteiger partial charge on any atom is -0.444 e. The van der Waals surface area contributed by atoms with Gasteiger partial charge in [-0.25, -0.2) is 9.18 Å². The third-order valence-electron chi connectivity index (χ3n) is 6.38. The number of amides is 1. The Balaban J connectivity index is 1.76. The lowest BCUT2D eigenvalue weighted by atomic mass is 9.83. The van der Waals surface area contributed by atoms with Gasteiger partial charge in [-0.2, -0.15) is 0 Å². The maximum atomic E-state index is 14.8. The van der Waals surface area contributed by atoms with Crippen molar-refractivity contribution >= 4 is 6.09 Å². The zero-order valence-corrected chi connectivity index (χ0v) is 19.8. The SMILES string of the molecule is CC(C)(C)OC(=O)N1[C@@H](CC2CCCCC2)[C@H](CC[C@@H](F)c2ccccn2)OC1(C)C. The molecule has 0 spiro atoms. The van der Waals surface area contributed by atoms with E-state index < -0.39 is 17.5 Å². The van der Waals surface area contributed by atoms with Gasteiger partial charge in [0, 0.05) is 6.20 Å². The molecule has 5 nitrogen and oxygen atoms in total. The van der Waals surface area contributed by atoms with Crippen LogP contribution in [0.4, 0.5) is 9.18 Å². The zero-order chi connectivity index (χ0) is 22.6. The second-order valence-electron chi connectivity index (χ2n) is 10.6. The summed E-state index contributed by atoms with van der Waals surface area (Å²) in [6, 6.07) is 5.21. The van der Waals surface area contributed by atoms with Crippen LogP contribution in [0.1, 0.15) is 97.9 Å². The van der Waals surface area contributed by atoms with Gasteiger partial charge >= 0.3 is 6.09 Å². The monoisotopic (exact) mass is 434 g/mol. The van der Waals surface area contributed by atoms with Crippen molar-refractivity contribution in [3.05, 3.63) is 30.1 Å². The van der Waals surface area contributed by atoms with Crippen LogP contribution in [0.5, 0.6) is 0 Å². The molecule has 1 saturated heterocycles. The molecule has 2 aliphatic rings. The third-order valence-corrected chi connectivity index (χ3v) is 6.38. The Morgan fingerprint density at radius 1 is 1.29 bits per heavy atom. The molecule has 1 aliphatic carbocycles. The fourth-order valence-electron chi connectivity index (χ4n) is 5.03. The molecule has 0 N–H and O–H groups in total. The summed E-state index contributed by atoms with van der Waals surface area (Å²) in [5.74, 6) is 0.570. The summed E-state index contributed by atoms with van der Waals surface area (Å²) in [6.45, 7) is 9.46. The standard InChI is InChI=1S/C25H39FN2O3/c1-24(2,3)31-23(29)28-21(17-18-11-7-6-8-12-18)22(30-25(28,4)5)15-14-19(26)20-13-9-10-16-27-20/h9-10,13,16,18-19,21-22H,6-8,11-12,14-15,17H2,1-5H3/t19-,21+,22+/m1/s1. The summed E-state index contributed by atoms with van der Waals surface area (Å²) >= 11 is 0. The number of alkyl halides is 1. The molecule has 3 atom stereocenters. The number of aromatic nitrogens is 1. The van der Waals surface area contributed by atoms with E-state index in [1.165, 1.54) is 32.1 Å². The number of carbonyl (C=O) groups excluding carboxylic acids is 1. The number of pyridine rings is 1. The Morgan fingerprint density at radius 2 is 2.00 bits per heavy atom. The second-order valence-corrected chi connectivity index (χ2v) is 10.6. The average molecular weight is 435 g/mol. The van der Waals surface area contributed by atoms with Gasteiger partial charge in [0.1, 0.15) is 17.5 Å². The number of ether oxygens (including phenoxy) is 2. The van der Waals surface area contributed by atoms with E-state index in [1.54, 1.807) is 29.3 Å². The number of hydrogen-bond donors (Lipinski definition) is 0. The van der Waals surface area contributed by atoms with Crippen LogP contribution >= 0.6 is 0 Å². The molecule has 2 fully saturated rings. The lowest BCUT2D eigenvalue weighted by Gasteiger charge is -2.37. The van der Waals surface area contributed by atoms with E-state index in [1.807, 2.05) is 34.6 Å². The van der Waals surface area contributed by atoms with Crippen molar-refractivity contribution in [1.82, 2.24) is 9.88 Å². The first-order chi connectivity index (χ1) is 14.6. The van der Waals surface area contributed by atoms with Crippen molar-refractivity contribution in [3.8, 4) is 0 Å². The normalized spacial score (nSPS) is 25.4. The molecule has 1 aromatic heterocycles. The van der Waals surface area contributed by atoms with Crippen LogP contribution in [0.2, 0.25) is 0 Å². The quantitative estimate of drug-likeness (QED) is 0.507. The maximum absolute atomic E-state index is 14.8. The van der Waals surface area contributed by atoms with Gasteiger partial charge in [-0.05, 0) is 71.9 Å². The number of hydrogen-bond acceptors (Lipinski definition) is 4. The molecule has 1 saturated carbocycles. The smallest absolute Gasteiger partial charge is 0.412 e. The van der Waals surface area contributed by atoms with Crippen LogP contribution in [-0.4, -0.2) is 39.4 Å². The molecule has 0 bridgehead atoms. The molecule has 174 valence electrons. The van der Waals surface area contributed by atoms with Crippen LogP contribution < -0.4 is 0 Å². The van der Waals surface area contributed by atoms with Crippen molar-refractivity contribution in [2.45, 2.75) is 116 Å². The summed E-state index contributed by atoms with van der Waals surface area (Å²) in [5.41, 5.74) is -0.917. The summed E-state index contributed by atoms with van der Waals surface area (Å²) in [5, 5.41) is 0. The predicted octanol–water partition coefficient (Wildman–Crippen LogP) is 6.58. The fourth-order valence-corrected chi connectivity index (χ4v) is 5.03. The molecule has 31 heavy (non-hydrogen) atoms. The van der Waals surface area contributed by atoms with Crippen molar-refractivity contribution in [2.75, 3.05) is 0 Å². The molecule has 1 amide bonds. The lowest BCUT2D eigenvalue weighted by Crippen LogP contribution is -2.50. The molecule has 0 radical (unpaired) electrons. The van der Waals surface area contributed by atoms with Crippen LogP contribution in [0.3, 0.4) is 0 Å². The highest BCUT2D eigenvalue weighted by atomic mass is 19.1. The summed E-state index contributed by atoms with van der Waals surface area (Å²) < 4.78 is 26.9. The van der Waals surface area contributed by atoms with Crippen LogP contribution in [-0.2, 0) is 9.47 Å². The molecular formula is C25H39FN2O3. The van der Waals surface area contributed by atoms with Gasteiger partial charge < -0.3 is 9.47 Å². The van der Waals surface area contributed by atoms with E-state index in [0.717, 1.165) is 6.42 Å². The van der Waals surface area contributed by atoms with Gasteiger partial charge in [-0.1, -0.05) is 38.2 Å². The largest absolute Gasteiger partial charge is 0.444 e. The van der Waals surface area contributed by atoms with Gasteiger partial charge in [0.15, 0.2) is 0 Å². The van der Waals surface area contributed by atoms with Crippen LogP contribution in [0.15, 0.2) is 24.4 Å². The molecule has 1 aromatic rings. The highest BCUT2D eigenvalue weighted by Gasteiger charge is 2.51. The van der Waals surface area contributed by atoms with Gasteiger partial charge in [0.05, 0.1) is 17.8 Å². The number of halogens is 1. The summed E-state index contributed by atoms with van der Waals surface area (Å²) in [6.07, 6.45) is 7.80. The Kier molecular flexibility index (Phi) is 7.61. The van der Waals surface area contributed by atoms with Crippen molar-refractivity contribution in [2.24, 2.45) is 5.92 Å². The molecule has 1 aliphatic heterocycles. The maximum Gasteiger partial charge on any atom is 0.412 e.